The summed E-state index contributed by atoms with van der Waals surface area (Å²) in [5.74, 6) is -3.37. The van der Waals surface area contributed by atoms with Crippen LogP contribution in [0.25, 0.3) is 0 Å². The number of carbonyl (C=O) groups is 2. The van der Waals surface area contributed by atoms with Gasteiger partial charge >= 0.3 is 59.1 Å². The SMILES string of the molecule is CCCCCC=C(C(=O)[O-])C(=O)[O-].[Na+].[Na+]. The molecule has 0 aliphatic heterocycles. The zero-order valence-electron chi connectivity index (χ0n) is 9.54. The summed E-state index contributed by atoms with van der Waals surface area (Å²) in [5, 5.41) is 20.4. The van der Waals surface area contributed by atoms with Gasteiger partial charge in [0.05, 0.1) is 11.9 Å². The Morgan fingerprint density at radius 2 is 1.53 bits per heavy atom. The standard InChI is InChI=1S/C9H14O4.2Na/c1-2-3-4-5-6-7(8(10)11)9(12)13;;/h6H,2-5H2,1H3,(H,10,11)(H,12,13);;/q;2*+1/p-2. The number of allylic oxidation sites excluding steroid dienone is 1. The molecule has 0 aliphatic rings. The molecule has 0 spiro atoms. The second-order valence-electron chi connectivity index (χ2n) is 2.69. The average Bonchev–Trinajstić information content (AvgIpc) is 2.02. The van der Waals surface area contributed by atoms with E-state index in [1.54, 1.807) is 0 Å². The minimum Gasteiger partial charge on any atom is -0.545 e. The number of hydrogen-bond donors (Lipinski definition) is 0. The Morgan fingerprint density at radius 3 is 1.87 bits per heavy atom. The Balaban J connectivity index is -0.000000720. The van der Waals surface area contributed by atoms with Crippen LogP contribution in [-0.4, -0.2) is 11.9 Å². The molecule has 0 saturated heterocycles. The molecule has 6 heteroatoms. The van der Waals surface area contributed by atoms with Gasteiger partial charge in [-0.15, -0.1) is 0 Å². The van der Waals surface area contributed by atoms with Crippen molar-refractivity contribution in [3.8, 4) is 0 Å². The molecule has 0 amide bonds. The van der Waals surface area contributed by atoms with Crippen LogP contribution in [-0.2, 0) is 9.59 Å². The van der Waals surface area contributed by atoms with E-state index in [1.807, 2.05) is 6.92 Å². The number of carbonyl (C=O) groups excluding carboxylic acids is 2. The van der Waals surface area contributed by atoms with Gasteiger partial charge in [-0.1, -0.05) is 25.8 Å². The Kier molecular flexibility index (Phi) is 17.9. The number of hydrogen-bond acceptors (Lipinski definition) is 4. The van der Waals surface area contributed by atoms with Crippen molar-refractivity contribution in [2.75, 3.05) is 0 Å². The summed E-state index contributed by atoms with van der Waals surface area (Å²) < 4.78 is 0. The Morgan fingerprint density at radius 1 is 1.07 bits per heavy atom. The summed E-state index contributed by atoms with van der Waals surface area (Å²) >= 11 is 0. The van der Waals surface area contributed by atoms with Crippen molar-refractivity contribution in [2.24, 2.45) is 0 Å². The van der Waals surface area contributed by atoms with Crippen LogP contribution in [0.4, 0.5) is 0 Å². The first-order valence-corrected chi connectivity index (χ1v) is 4.22. The van der Waals surface area contributed by atoms with Gasteiger partial charge in [-0.05, 0) is 12.8 Å². The number of carboxylic acids is 2. The minimum absolute atomic E-state index is 0. The number of carboxylic acid groups (broad SMARTS) is 2. The molecular formula is C9H12Na2O4. The van der Waals surface area contributed by atoms with Gasteiger partial charge in [0.2, 0.25) is 0 Å². The fourth-order valence-electron chi connectivity index (χ4n) is 0.891. The first kappa shape index (κ1) is 21.0. The molecule has 15 heavy (non-hydrogen) atoms. The maximum absolute atomic E-state index is 10.2. The molecule has 0 saturated carbocycles. The third-order valence-corrected chi connectivity index (χ3v) is 1.60. The zero-order chi connectivity index (χ0) is 10.3. The molecule has 4 nitrogen and oxygen atoms in total. The van der Waals surface area contributed by atoms with Crippen molar-refractivity contribution in [1.82, 2.24) is 0 Å². The van der Waals surface area contributed by atoms with E-state index in [9.17, 15) is 19.8 Å². The van der Waals surface area contributed by atoms with Gasteiger partial charge < -0.3 is 19.8 Å². The number of rotatable bonds is 6. The summed E-state index contributed by atoms with van der Waals surface area (Å²) in [6.45, 7) is 2.00. The molecular weight excluding hydrogens is 218 g/mol. The molecule has 0 radical (unpaired) electrons. The predicted octanol–water partition coefficient (Wildman–Crippen LogP) is -7.00. The van der Waals surface area contributed by atoms with Crippen molar-refractivity contribution in [2.45, 2.75) is 32.6 Å². The smallest absolute Gasteiger partial charge is 0.545 e. The summed E-state index contributed by atoms with van der Waals surface area (Å²) in [7, 11) is 0. The third-order valence-electron chi connectivity index (χ3n) is 1.60. The van der Waals surface area contributed by atoms with Crippen LogP contribution >= 0.6 is 0 Å². The van der Waals surface area contributed by atoms with Crippen LogP contribution in [0, 0.1) is 0 Å². The molecule has 0 N–H and O–H groups in total. The van der Waals surface area contributed by atoms with Crippen LogP contribution in [0.1, 0.15) is 32.6 Å². The van der Waals surface area contributed by atoms with Crippen molar-refractivity contribution < 1.29 is 78.9 Å². The van der Waals surface area contributed by atoms with E-state index in [-0.39, 0.29) is 59.1 Å². The summed E-state index contributed by atoms with van der Waals surface area (Å²) in [6.07, 6.45) is 4.30. The van der Waals surface area contributed by atoms with Gasteiger partial charge in [-0.25, -0.2) is 0 Å². The molecule has 0 unspecified atom stereocenters. The summed E-state index contributed by atoms with van der Waals surface area (Å²) in [4.78, 5) is 20.4. The van der Waals surface area contributed by atoms with Crippen molar-refractivity contribution >= 4 is 11.9 Å². The van der Waals surface area contributed by atoms with Crippen molar-refractivity contribution in [3.63, 3.8) is 0 Å². The molecule has 0 bridgehead atoms. The molecule has 74 valence electrons. The van der Waals surface area contributed by atoms with Gasteiger partial charge in [0.15, 0.2) is 0 Å². The first-order valence-electron chi connectivity index (χ1n) is 4.22. The van der Waals surface area contributed by atoms with E-state index >= 15 is 0 Å². The van der Waals surface area contributed by atoms with Crippen molar-refractivity contribution in [1.29, 1.82) is 0 Å². The van der Waals surface area contributed by atoms with Gasteiger partial charge in [0.1, 0.15) is 0 Å². The van der Waals surface area contributed by atoms with Crippen LogP contribution in [0.2, 0.25) is 0 Å². The Hall–Kier alpha value is 0.680. The van der Waals surface area contributed by atoms with Crippen LogP contribution in [0.15, 0.2) is 11.6 Å². The molecule has 0 aromatic carbocycles. The third kappa shape index (κ3) is 11.0. The molecule has 0 fully saturated rings. The van der Waals surface area contributed by atoms with E-state index in [1.165, 1.54) is 0 Å². The normalized spacial score (nSPS) is 8.07. The van der Waals surface area contributed by atoms with Crippen LogP contribution < -0.4 is 69.3 Å². The summed E-state index contributed by atoms with van der Waals surface area (Å²) in [6, 6.07) is 0. The average molecular weight is 230 g/mol. The van der Waals surface area contributed by atoms with Crippen LogP contribution in [0.3, 0.4) is 0 Å². The second kappa shape index (κ2) is 12.7. The molecule has 0 aromatic rings. The molecule has 0 rings (SSSR count). The fraction of sp³-hybridized carbons (Fsp3) is 0.556. The van der Waals surface area contributed by atoms with Crippen molar-refractivity contribution in [3.05, 3.63) is 11.6 Å². The van der Waals surface area contributed by atoms with E-state index in [0.717, 1.165) is 25.3 Å². The summed E-state index contributed by atoms with van der Waals surface area (Å²) in [5.41, 5.74) is -0.754. The zero-order valence-corrected chi connectivity index (χ0v) is 13.5. The molecule has 0 heterocycles. The number of unbranched alkanes of at least 4 members (excludes halogenated alkanes) is 3. The maximum Gasteiger partial charge on any atom is 1.00 e. The Bertz CT molecular complexity index is 210. The Labute approximate surface area is 134 Å². The van der Waals surface area contributed by atoms with Gasteiger partial charge in [0, 0.05) is 5.57 Å². The number of aliphatic carboxylic acids is 2. The molecule has 0 atom stereocenters. The molecule has 0 aliphatic carbocycles. The van der Waals surface area contributed by atoms with Crippen LogP contribution in [0.5, 0.6) is 0 Å². The minimum atomic E-state index is -1.68. The first-order chi connectivity index (χ1) is 6.09. The molecule has 0 aromatic heterocycles. The van der Waals surface area contributed by atoms with E-state index in [4.69, 9.17) is 0 Å². The maximum atomic E-state index is 10.2. The van der Waals surface area contributed by atoms with Gasteiger partial charge in [-0.3, -0.25) is 0 Å². The van der Waals surface area contributed by atoms with E-state index in [2.05, 4.69) is 0 Å². The van der Waals surface area contributed by atoms with Gasteiger partial charge in [0.25, 0.3) is 0 Å². The van der Waals surface area contributed by atoms with Gasteiger partial charge in [-0.2, -0.15) is 0 Å². The fourth-order valence-corrected chi connectivity index (χ4v) is 0.891. The monoisotopic (exact) mass is 230 g/mol. The quantitative estimate of drug-likeness (QED) is 0.149. The largest absolute Gasteiger partial charge is 1.00 e. The second-order valence-corrected chi connectivity index (χ2v) is 2.69. The predicted molar refractivity (Wildman–Crippen MR) is 42.2 cm³/mol. The van der Waals surface area contributed by atoms with E-state index in [0.29, 0.717) is 6.42 Å². The van der Waals surface area contributed by atoms with E-state index < -0.39 is 17.5 Å². The topological polar surface area (TPSA) is 80.3 Å².